The fourth-order valence-corrected chi connectivity index (χ4v) is 10.1. The number of unbranched alkanes of at least 4 members (excludes halogenated alkanes) is 3. The quantitative estimate of drug-likeness (QED) is 0.0271. The second kappa shape index (κ2) is 39.6. The second-order valence-electron chi connectivity index (χ2n) is 22.1. The number of nitrogens with zero attached hydrogens (tertiary/aromatic N) is 3. The van der Waals surface area contributed by atoms with E-state index in [1.165, 1.54) is 17.4 Å². The van der Waals surface area contributed by atoms with Crippen molar-refractivity contribution in [3.8, 4) is 0 Å². The number of carbonyl (C=O) groups excluding carboxylic acids is 10. The summed E-state index contributed by atoms with van der Waals surface area (Å²) in [5.41, 5.74) is 22.9. The van der Waals surface area contributed by atoms with Gasteiger partial charge in [0.1, 0.15) is 54.4 Å². The second-order valence-corrected chi connectivity index (χ2v) is 22.1. The molecule has 1 aromatic heterocycles. The summed E-state index contributed by atoms with van der Waals surface area (Å²) in [4.78, 5) is 194. The first-order valence-electron chi connectivity index (χ1n) is 30.1. The van der Waals surface area contributed by atoms with Crippen LogP contribution in [0, 0.1) is 0 Å². The Kier molecular flexibility index (Phi) is 33.3. The molecule has 35 nitrogen and oxygen atoms in total. The highest BCUT2D eigenvalue weighted by molar-refractivity contribution is 5.99. The third-order valence-electron chi connectivity index (χ3n) is 15.0. The Morgan fingerprint density at radius 2 is 0.978 bits per heavy atom. The Balaban J connectivity index is 1.87. The summed E-state index contributed by atoms with van der Waals surface area (Å²) in [6, 6.07) is -14.7. The van der Waals surface area contributed by atoms with E-state index in [1.807, 2.05) is 0 Å². The molecule has 0 bridgehead atoms. The Morgan fingerprint density at radius 1 is 0.544 bits per heavy atom. The van der Waals surface area contributed by atoms with Gasteiger partial charge in [0.15, 0.2) is 0 Å². The van der Waals surface area contributed by atoms with Gasteiger partial charge in [-0.25, -0.2) is 9.78 Å². The fourth-order valence-electron chi connectivity index (χ4n) is 10.1. The highest BCUT2D eigenvalue weighted by atomic mass is 16.4. The van der Waals surface area contributed by atoms with Crippen LogP contribution in [-0.4, -0.2) is 234 Å². The first-order chi connectivity index (χ1) is 42.7. The molecule has 0 saturated carbocycles. The van der Waals surface area contributed by atoms with Crippen molar-refractivity contribution in [3.63, 3.8) is 0 Å². The molecule has 0 aromatic carbocycles. The van der Waals surface area contributed by atoms with Crippen molar-refractivity contribution in [1.82, 2.24) is 62.3 Å². The van der Waals surface area contributed by atoms with Gasteiger partial charge < -0.3 is 106 Å². The van der Waals surface area contributed by atoms with Crippen LogP contribution in [-0.2, 0) is 73.5 Å². The Hall–Kier alpha value is -8.41. The average Bonchev–Trinajstić information content (AvgIpc) is 2.21. The zero-order valence-corrected chi connectivity index (χ0v) is 50.5. The number of likely N-dealkylation sites (tertiary alicyclic amines) is 2. The third-order valence-corrected chi connectivity index (χ3v) is 15.0. The summed E-state index contributed by atoms with van der Waals surface area (Å²) in [5, 5.41) is 68.5. The Morgan fingerprint density at radius 3 is 1.46 bits per heavy atom. The highest BCUT2D eigenvalue weighted by Crippen LogP contribution is 2.23. The molecular formula is C55H90N16O19. The fraction of sp³-hybridized carbons (Fsp3) is 0.691. The van der Waals surface area contributed by atoms with E-state index in [-0.39, 0.29) is 89.8 Å². The normalized spacial score (nSPS) is 17.5. The molecule has 0 radical (unpaired) electrons. The van der Waals surface area contributed by atoms with Gasteiger partial charge in [-0.1, -0.05) is 0 Å². The maximum absolute atomic E-state index is 14.4. The van der Waals surface area contributed by atoms with Crippen molar-refractivity contribution in [2.45, 2.75) is 202 Å². The van der Waals surface area contributed by atoms with Crippen LogP contribution >= 0.6 is 0 Å². The molecule has 2 aliphatic heterocycles. The van der Waals surface area contributed by atoms with Crippen molar-refractivity contribution < 1.29 is 92.7 Å². The lowest BCUT2D eigenvalue weighted by Crippen LogP contribution is -2.62. The minimum Gasteiger partial charge on any atom is -0.481 e. The predicted octanol–water partition coefficient (Wildman–Crippen LogP) is -5.78. The van der Waals surface area contributed by atoms with Crippen LogP contribution in [0.4, 0.5) is 0 Å². The number of carbonyl (C=O) groups is 14. The Labute approximate surface area is 518 Å². The van der Waals surface area contributed by atoms with Crippen LogP contribution in [0.5, 0.6) is 0 Å². The van der Waals surface area contributed by atoms with E-state index in [0.29, 0.717) is 38.5 Å². The molecule has 2 saturated heterocycles. The van der Waals surface area contributed by atoms with Crippen molar-refractivity contribution in [1.29, 1.82) is 0 Å². The van der Waals surface area contributed by atoms with Gasteiger partial charge >= 0.3 is 23.9 Å². The van der Waals surface area contributed by atoms with Crippen molar-refractivity contribution in [2.75, 3.05) is 39.3 Å². The number of nitrogens with two attached hydrogens (primary N) is 4. The smallest absolute Gasteiger partial charge is 0.326 e. The number of nitrogens with one attached hydrogen (secondary N) is 9. The lowest BCUT2D eigenvalue weighted by molar-refractivity contribution is -0.145. The summed E-state index contributed by atoms with van der Waals surface area (Å²) in [7, 11) is 0. The topological polar surface area (TPSA) is 576 Å². The van der Waals surface area contributed by atoms with E-state index in [1.54, 1.807) is 0 Å². The molecule has 35 heteroatoms. The lowest BCUT2D eigenvalue weighted by atomic mass is 10.0. The molecule has 0 unspecified atom stereocenters. The number of aliphatic hydroxyl groups excluding tert-OH is 1. The van der Waals surface area contributed by atoms with Crippen LogP contribution in [0.3, 0.4) is 0 Å². The molecule has 0 spiro atoms. The van der Waals surface area contributed by atoms with Crippen molar-refractivity contribution >= 4 is 82.9 Å². The summed E-state index contributed by atoms with van der Waals surface area (Å²) in [6.45, 7) is 1.19. The number of hydrogen-bond acceptors (Lipinski definition) is 20. The summed E-state index contributed by atoms with van der Waals surface area (Å²) in [6.07, 6.45) is 0.322. The predicted molar refractivity (Wildman–Crippen MR) is 315 cm³/mol. The van der Waals surface area contributed by atoms with Crippen molar-refractivity contribution in [3.05, 3.63) is 18.2 Å². The molecule has 2 fully saturated rings. The number of carboxylic acid groups (broad SMARTS) is 4. The summed E-state index contributed by atoms with van der Waals surface area (Å²) < 4.78 is 0. The van der Waals surface area contributed by atoms with Gasteiger partial charge in [0.25, 0.3) is 0 Å². The van der Waals surface area contributed by atoms with E-state index in [0.717, 1.165) is 11.8 Å². The first kappa shape index (κ1) is 75.8. The number of rotatable bonds is 43. The summed E-state index contributed by atoms with van der Waals surface area (Å²) >= 11 is 0. The number of aliphatic carboxylic acids is 4. The minimum absolute atomic E-state index is 0.0416. The van der Waals surface area contributed by atoms with Crippen LogP contribution in [0.15, 0.2) is 12.5 Å². The third kappa shape index (κ3) is 26.0. The molecule has 1 aromatic rings. The molecule has 10 amide bonds. The van der Waals surface area contributed by atoms with E-state index in [4.69, 9.17) is 28.0 Å². The maximum atomic E-state index is 14.4. The molecule has 3 rings (SSSR count). The number of hydrogen-bond donors (Lipinski definition) is 18. The zero-order valence-electron chi connectivity index (χ0n) is 50.5. The van der Waals surface area contributed by atoms with Gasteiger partial charge in [-0.2, -0.15) is 0 Å². The summed E-state index contributed by atoms with van der Waals surface area (Å²) in [5.74, 6) is -14.6. The largest absolute Gasteiger partial charge is 0.481 e. The SMILES string of the molecule is C[C@@H](O)[C@H](NC(=O)[C@H](Cc1cnc[nH]1)NC(=O)[C@H](CCC(=O)O)NC(=O)[C@H](CCCCN)NC(=O)[C@@H]1CCCN1C(=O)[C@H](CCCCN)NC(=O)CNC(=O)[C@@H](N)CCC(=O)O)C(=O)N[C@@H](CCC(=O)O)C(=O)N1CCC[C@H]1C(=O)N[C@@H](CCCCN)C(=O)O. The lowest BCUT2D eigenvalue weighted by Gasteiger charge is -2.31. The first-order valence-corrected chi connectivity index (χ1v) is 30.1. The van der Waals surface area contributed by atoms with Crippen LogP contribution in [0.1, 0.15) is 135 Å². The molecule has 3 heterocycles. The number of aromatic amines is 1. The number of aliphatic hydroxyl groups is 1. The number of H-pyrrole nitrogens is 1. The highest BCUT2D eigenvalue weighted by Gasteiger charge is 2.42. The van der Waals surface area contributed by atoms with Gasteiger partial charge in [-0.15, -0.1) is 0 Å². The van der Waals surface area contributed by atoms with Gasteiger partial charge in [0.2, 0.25) is 59.1 Å². The Bertz CT molecular complexity index is 2610. The molecule has 90 heavy (non-hydrogen) atoms. The van der Waals surface area contributed by atoms with Crippen LogP contribution < -0.4 is 65.5 Å². The van der Waals surface area contributed by atoms with E-state index >= 15 is 0 Å². The molecule has 22 N–H and O–H groups in total. The maximum Gasteiger partial charge on any atom is 0.326 e. The molecule has 0 aliphatic carbocycles. The average molecular weight is 1280 g/mol. The molecular weight excluding hydrogens is 1190 g/mol. The van der Waals surface area contributed by atoms with Gasteiger partial charge in [0, 0.05) is 50.7 Å². The number of amides is 10. The van der Waals surface area contributed by atoms with E-state index in [9.17, 15) is 87.5 Å². The van der Waals surface area contributed by atoms with Crippen LogP contribution in [0.25, 0.3) is 0 Å². The zero-order chi connectivity index (χ0) is 67.0. The minimum atomic E-state index is -1.93. The van der Waals surface area contributed by atoms with Gasteiger partial charge in [-0.05, 0) is 129 Å². The van der Waals surface area contributed by atoms with Crippen LogP contribution in [0.2, 0.25) is 0 Å². The number of imidazole rings is 1. The molecule has 2 aliphatic rings. The molecule has 504 valence electrons. The monoisotopic (exact) mass is 1280 g/mol. The van der Waals surface area contributed by atoms with E-state index in [2.05, 4.69) is 52.5 Å². The van der Waals surface area contributed by atoms with E-state index < -0.39 is 195 Å². The van der Waals surface area contributed by atoms with Gasteiger partial charge in [-0.3, -0.25) is 62.3 Å². The van der Waals surface area contributed by atoms with Gasteiger partial charge in [0.05, 0.1) is 25.0 Å². The molecule has 11 atom stereocenters. The standard InChI is InChI=1S/C55H90N16O19/c1-30(72)45(52(86)66-36(17-20-44(78)79)54(88)71-25-9-14-40(71)51(85)67-37(55(89)90)12-4-7-23-58)69-49(83)38(26-31-27-60-29-62-31)68-48(82)34(16-19-43(76)77)64-47(81)33(10-2-5-21-56)65-50(84)39-13-8-24-70(39)53(87)35(11-3-6-22-57)63-41(73)28-61-46(80)32(59)15-18-42(74)75/h27,29-30,32-40,45,72H,2-26,28,56-59H2,1H3,(H,60,62)(H,61,80)(H,63,73)(H,64,81)(H,65,84)(H,66,86)(H,67,85)(H,68,82)(H,69,83)(H,74,75)(H,76,77)(H,78,79)(H,89,90)/t30-,32+,33+,34+,35+,36+,37+,38+,39+,40+,45+/m1/s1. The number of carboxylic acids is 4. The van der Waals surface area contributed by atoms with Crippen molar-refractivity contribution in [2.24, 2.45) is 22.9 Å². The number of aromatic nitrogens is 2.